The zero-order chi connectivity index (χ0) is 22.2. The van der Waals surface area contributed by atoms with E-state index in [9.17, 15) is 17.2 Å². The third-order valence-electron chi connectivity index (χ3n) is 5.04. The lowest BCUT2D eigenvalue weighted by Gasteiger charge is -2.18. The molecule has 0 aliphatic carbocycles. The molecule has 1 aliphatic heterocycles. The van der Waals surface area contributed by atoms with Gasteiger partial charge in [0.2, 0.25) is 0 Å². The van der Waals surface area contributed by atoms with Gasteiger partial charge in [0, 0.05) is 28.8 Å². The summed E-state index contributed by atoms with van der Waals surface area (Å²) in [7, 11) is -3.61. The zero-order valence-corrected chi connectivity index (χ0v) is 18.5. The van der Waals surface area contributed by atoms with E-state index in [1.165, 1.54) is 12.1 Å². The fourth-order valence-corrected chi connectivity index (χ4v) is 4.75. The van der Waals surface area contributed by atoms with E-state index >= 15 is 0 Å². The summed E-state index contributed by atoms with van der Waals surface area (Å²) in [4.78, 5) is 3.32. The Balaban J connectivity index is 1.74. The maximum absolute atomic E-state index is 13.5. The maximum atomic E-state index is 13.5. The molecule has 2 aromatic carbocycles. The molecule has 1 N–H and O–H groups in total. The third-order valence-corrected chi connectivity index (χ3v) is 6.24. The minimum atomic E-state index is -3.71. The van der Waals surface area contributed by atoms with Gasteiger partial charge in [-0.2, -0.15) is 20.2 Å². The van der Waals surface area contributed by atoms with Crippen LogP contribution in [0.1, 0.15) is 29.0 Å². The molecule has 4 rings (SSSR count). The number of nitrogens with one attached hydrogen (secondary N) is 1. The summed E-state index contributed by atoms with van der Waals surface area (Å²) in [6.45, 7) is -0.0503. The lowest BCUT2D eigenvalue weighted by Crippen LogP contribution is -2.25. The quantitative estimate of drug-likeness (QED) is 0.475. The van der Waals surface area contributed by atoms with Crippen molar-refractivity contribution in [3.05, 3.63) is 59.3 Å². The van der Waals surface area contributed by atoms with Crippen molar-refractivity contribution in [3.8, 4) is 11.5 Å². The molecule has 0 saturated carbocycles. The minimum absolute atomic E-state index is 0.0407. The van der Waals surface area contributed by atoms with E-state index in [0.29, 0.717) is 12.0 Å². The second-order valence-corrected chi connectivity index (χ2v) is 9.77. The molecule has 0 fully saturated rings. The lowest BCUT2D eigenvalue weighted by molar-refractivity contribution is -0.286. The van der Waals surface area contributed by atoms with Gasteiger partial charge in [-0.1, -0.05) is 24.3 Å². The number of hydrogen-bond acceptors (Lipinski definition) is 6. The molecule has 1 aromatic heterocycles. The Kier molecular flexibility index (Phi) is 5.89. The second kappa shape index (κ2) is 8.33. The summed E-state index contributed by atoms with van der Waals surface area (Å²) in [6.07, 6.45) is 1.51. The number of fused-ring (bicyclic) bond motifs is 2. The standard InChI is InChI=1S/C21H21F2NO5S2/c1-30-12-14-4-3-5-16-17(11-24-20(14)16)15(8-9-27-31(2,25)26)13-6-7-18-19(10-13)29-21(22,23)28-18/h3-7,10-11,15,24H,8-9,12H2,1-2H3. The van der Waals surface area contributed by atoms with Gasteiger partial charge in [0.1, 0.15) is 0 Å². The molecule has 1 atom stereocenters. The number of aromatic nitrogens is 1. The van der Waals surface area contributed by atoms with Crippen LogP contribution < -0.4 is 9.47 Å². The largest absolute Gasteiger partial charge is 0.586 e. The highest BCUT2D eigenvalue weighted by Gasteiger charge is 2.43. The van der Waals surface area contributed by atoms with E-state index in [0.717, 1.165) is 34.0 Å². The van der Waals surface area contributed by atoms with Gasteiger partial charge < -0.3 is 14.5 Å². The Morgan fingerprint density at radius 2 is 1.97 bits per heavy atom. The van der Waals surface area contributed by atoms with Crippen LogP contribution in [0.25, 0.3) is 10.9 Å². The molecular formula is C21H21F2NO5S2. The van der Waals surface area contributed by atoms with E-state index in [1.807, 2.05) is 30.7 Å². The van der Waals surface area contributed by atoms with Gasteiger partial charge in [-0.3, -0.25) is 4.18 Å². The number of para-hydroxylation sites is 1. The van der Waals surface area contributed by atoms with Crippen molar-refractivity contribution in [2.75, 3.05) is 19.1 Å². The molecule has 3 aromatic rings. The predicted octanol–water partition coefficient (Wildman–Crippen LogP) is 4.85. The molecule has 0 saturated heterocycles. The van der Waals surface area contributed by atoms with Gasteiger partial charge in [0.05, 0.1) is 12.9 Å². The number of aromatic amines is 1. The lowest BCUT2D eigenvalue weighted by atomic mass is 9.88. The molecule has 166 valence electrons. The predicted molar refractivity (Wildman–Crippen MR) is 115 cm³/mol. The van der Waals surface area contributed by atoms with Gasteiger partial charge in [-0.25, -0.2) is 0 Å². The first-order valence-electron chi connectivity index (χ1n) is 9.49. The van der Waals surface area contributed by atoms with E-state index in [1.54, 1.807) is 17.8 Å². The van der Waals surface area contributed by atoms with Gasteiger partial charge in [0.15, 0.2) is 11.5 Å². The number of halogens is 2. The molecule has 31 heavy (non-hydrogen) atoms. The van der Waals surface area contributed by atoms with E-state index in [4.69, 9.17) is 4.18 Å². The Morgan fingerprint density at radius 1 is 1.19 bits per heavy atom. The van der Waals surface area contributed by atoms with Gasteiger partial charge in [-0.05, 0) is 41.5 Å². The average Bonchev–Trinajstić information content (AvgIpc) is 3.24. The Labute approximate surface area is 183 Å². The Bertz CT molecular complexity index is 1210. The summed E-state index contributed by atoms with van der Waals surface area (Å²) in [6, 6.07) is 10.6. The van der Waals surface area contributed by atoms with Crippen molar-refractivity contribution in [2.24, 2.45) is 0 Å². The number of ether oxygens (including phenoxy) is 2. The zero-order valence-electron chi connectivity index (χ0n) is 16.9. The molecular weight excluding hydrogens is 448 g/mol. The van der Waals surface area contributed by atoms with Crippen LogP contribution in [0.3, 0.4) is 0 Å². The summed E-state index contributed by atoms with van der Waals surface area (Å²) >= 11 is 1.71. The number of alkyl halides is 2. The van der Waals surface area contributed by atoms with Crippen LogP contribution in [-0.4, -0.2) is 38.8 Å². The molecule has 2 heterocycles. The van der Waals surface area contributed by atoms with Gasteiger partial charge in [0.25, 0.3) is 10.1 Å². The monoisotopic (exact) mass is 469 g/mol. The first-order chi connectivity index (χ1) is 14.7. The van der Waals surface area contributed by atoms with Crippen LogP contribution in [0.15, 0.2) is 42.6 Å². The van der Waals surface area contributed by atoms with Crippen LogP contribution in [0.5, 0.6) is 11.5 Å². The molecule has 0 radical (unpaired) electrons. The topological polar surface area (TPSA) is 77.6 Å². The highest BCUT2D eigenvalue weighted by molar-refractivity contribution is 7.97. The minimum Gasteiger partial charge on any atom is -0.395 e. The smallest absolute Gasteiger partial charge is 0.395 e. The number of hydrogen-bond donors (Lipinski definition) is 1. The first-order valence-corrected chi connectivity index (χ1v) is 12.7. The fourth-order valence-electron chi connectivity index (χ4n) is 3.80. The fraction of sp³-hybridized carbons (Fsp3) is 0.333. The van der Waals surface area contributed by atoms with Crippen molar-refractivity contribution in [1.29, 1.82) is 0 Å². The normalized spacial score (nSPS) is 16.0. The van der Waals surface area contributed by atoms with Crippen LogP contribution in [0.4, 0.5) is 8.78 Å². The number of thioether (sulfide) groups is 1. The van der Waals surface area contributed by atoms with Crippen molar-refractivity contribution >= 4 is 32.8 Å². The van der Waals surface area contributed by atoms with Gasteiger partial charge >= 0.3 is 6.29 Å². The van der Waals surface area contributed by atoms with E-state index in [2.05, 4.69) is 14.5 Å². The summed E-state index contributed by atoms with van der Waals surface area (Å²) in [5.41, 5.74) is 3.75. The van der Waals surface area contributed by atoms with Crippen molar-refractivity contribution in [3.63, 3.8) is 0 Å². The van der Waals surface area contributed by atoms with E-state index < -0.39 is 16.4 Å². The molecule has 6 nitrogen and oxygen atoms in total. The highest BCUT2D eigenvalue weighted by atomic mass is 32.2. The second-order valence-electron chi connectivity index (χ2n) is 7.26. The number of benzene rings is 2. The van der Waals surface area contributed by atoms with Crippen LogP contribution in [-0.2, 0) is 20.1 Å². The SMILES string of the molecule is CSCc1cccc2c(C(CCOS(C)(=O)=O)c3ccc4c(c3)OC(F)(F)O4)c[nH]c12. The summed E-state index contributed by atoms with van der Waals surface area (Å²) in [5.74, 6) is 0.418. The molecule has 10 heteroatoms. The van der Waals surface area contributed by atoms with E-state index in [-0.39, 0.29) is 24.0 Å². The Hall–Kier alpha value is -2.30. The molecule has 0 bridgehead atoms. The summed E-state index contributed by atoms with van der Waals surface area (Å²) in [5, 5.41) is 0.985. The Morgan fingerprint density at radius 3 is 2.71 bits per heavy atom. The maximum Gasteiger partial charge on any atom is 0.586 e. The van der Waals surface area contributed by atoms with Crippen LogP contribution in [0.2, 0.25) is 0 Å². The first kappa shape index (κ1) is 21.9. The third kappa shape index (κ3) is 4.81. The van der Waals surface area contributed by atoms with Gasteiger partial charge in [-0.15, -0.1) is 8.78 Å². The number of rotatable bonds is 8. The van der Waals surface area contributed by atoms with Crippen LogP contribution in [0, 0.1) is 0 Å². The van der Waals surface area contributed by atoms with Crippen molar-refractivity contribution < 1.29 is 30.9 Å². The van der Waals surface area contributed by atoms with Crippen molar-refractivity contribution in [1.82, 2.24) is 4.98 Å². The average molecular weight is 470 g/mol. The molecule has 1 unspecified atom stereocenters. The summed E-state index contributed by atoms with van der Waals surface area (Å²) < 4.78 is 63.9. The number of H-pyrrole nitrogens is 1. The molecule has 0 amide bonds. The van der Waals surface area contributed by atoms with Crippen LogP contribution >= 0.6 is 11.8 Å². The molecule has 1 aliphatic rings. The molecule has 0 spiro atoms. The van der Waals surface area contributed by atoms with Crippen molar-refractivity contribution in [2.45, 2.75) is 24.4 Å². The highest BCUT2D eigenvalue weighted by Crippen LogP contribution is 2.44.